The number of carbonyl (C=O) groups is 1. The van der Waals surface area contributed by atoms with E-state index in [2.05, 4.69) is 37.5 Å². The third-order valence-corrected chi connectivity index (χ3v) is 4.08. The summed E-state index contributed by atoms with van der Waals surface area (Å²) in [5.74, 6) is 0.134. The van der Waals surface area contributed by atoms with Gasteiger partial charge in [0, 0.05) is 12.6 Å². The van der Waals surface area contributed by atoms with E-state index < -0.39 is 0 Å². The van der Waals surface area contributed by atoms with Gasteiger partial charge < -0.3 is 10.6 Å². The summed E-state index contributed by atoms with van der Waals surface area (Å²) in [6, 6.07) is 8.35. The van der Waals surface area contributed by atoms with E-state index in [9.17, 15) is 4.79 Å². The molecule has 1 saturated heterocycles. The van der Waals surface area contributed by atoms with Gasteiger partial charge in [0.2, 0.25) is 5.91 Å². The number of amides is 1. The molecule has 1 aromatic rings. The first kappa shape index (κ1) is 14.1. The van der Waals surface area contributed by atoms with E-state index in [4.69, 9.17) is 0 Å². The van der Waals surface area contributed by atoms with Crippen LogP contribution >= 0.6 is 0 Å². The van der Waals surface area contributed by atoms with E-state index in [1.165, 1.54) is 5.56 Å². The third-order valence-electron chi connectivity index (χ3n) is 4.08. The van der Waals surface area contributed by atoms with E-state index in [-0.39, 0.29) is 17.4 Å². The molecule has 2 rings (SSSR count). The zero-order chi connectivity index (χ0) is 13.9. The van der Waals surface area contributed by atoms with E-state index in [1.807, 2.05) is 18.2 Å². The van der Waals surface area contributed by atoms with Gasteiger partial charge in [-0.25, -0.2) is 0 Å². The first-order valence-corrected chi connectivity index (χ1v) is 7.03. The van der Waals surface area contributed by atoms with Crippen molar-refractivity contribution in [3.8, 4) is 0 Å². The monoisotopic (exact) mass is 260 g/mol. The maximum Gasteiger partial charge on any atom is 0.224 e. The number of aryl methyl sites for hydroxylation is 1. The fourth-order valence-electron chi connectivity index (χ4n) is 2.67. The molecule has 1 amide bonds. The van der Waals surface area contributed by atoms with E-state index in [0.717, 1.165) is 25.1 Å². The van der Waals surface area contributed by atoms with Crippen LogP contribution in [0.3, 0.4) is 0 Å². The Hall–Kier alpha value is -1.35. The average molecular weight is 260 g/mol. The Kier molecular flexibility index (Phi) is 4.25. The Morgan fingerprint density at radius 1 is 1.42 bits per heavy atom. The summed E-state index contributed by atoms with van der Waals surface area (Å²) in [4.78, 5) is 12.2. The minimum Gasteiger partial charge on any atom is -0.352 e. The molecule has 1 unspecified atom stereocenters. The smallest absolute Gasteiger partial charge is 0.224 e. The summed E-state index contributed by atoms with van der Waals surface area (Å²) in [5.41, 5.74) is 2.42. The van der Waals surface area contributed by atoms with Gasteiger partial charge in [-0.05, 0) is 36.4 Å². The van der Waals surface area contributed by atoms with Gasteiger partial charge >= 0.3 is 0 Å². The molecule has 0 aromatic heterocycles. The second-order valence-corrected chi connectivity index (χ2v) is 6.18. The second-order valence-electron chi connectivity index (χ2n) is 6.18. The highest BCUT2D eigenvalue weighted by molar-refractivity contribution is 5.79. The second kappa shape index (κ2) is 5.74. The van der Waals surface area contributed by atoms with Gasteiger partial charge in [0.25, 0.3) is 0 Å². The molecule has 0 spiro atoms. The summed E-state index contributed by atoms with van der Waals surface area (Å²) in [5, 5.41) is 6.59. The Labute approximate surface area is 115 Å². The van der Waals surface area contributed by atoms with Crippen molar-refractivity contribution in [3.05, 3.63) is 35.4 Å². The van der Waals surface area contributed by atoms with Crippen LogP contribution in [-0.4, -0.2) is 25.0 Å². The molecule has 1 heterocycles. The van der Waals surface area contributed by atoms with Crippen molar-refractivity contribution in [1.82, 2.24) is 10.6 Å². The van der Waals surface area contributed by atoms with Gasteiger partial charge in [-0.3, -0.25) is 4.79 Å². The molecule has 0 radical (unpaired) electrons. The van der Waals surface area contributed by atoms with Crippen LogP contribution < -0.4 is 10.6 Å². The minimum atomic E-state index is 0.125. The highest BCUT2D eigenvalue weighted by atomic mass is 16.1. The molecular weight excluding hydrogens is 236 g/mol. The predicted octanol–water partition coefficient (Wildman–Crippen LogP) is 2.04. The largest absolute Gasteiger partial charge is 0.352 e. The fraction of sp³-hybridized carbons (Fsp3) is 0.562. The van der Waals surface area contributed by atoms with Crippen LogP contribution in [0.1, 0.15) is 31.4 Å². The van der Waals surface area contributed by atoms with Crippen molar-refractivity contribution >= 4 is 5.91 Å². The Morgan fingerprint density at radius 3 is 2.84 bits per heavy atom. The Morgan fingerprint density at radius 2 is 2.16 bits per heavy atom. The lowest BCUT2D eigenvalue weighted by molar-refractivity contribution is -0.122. The van der Waals surface area contributed by atoms with Crippen molar-refractivity contribution in [1.29, 1.82) is 0 Å². The highest BCUT2D eigenvalue weighted by Crippen LogP contribution is 2.25. The van der Waals surface area contributed by atoms with Gasteiger partial charge in [-0.15, -0.1) is 0 Å². The maximum atomic E-state index is 12.2. The summed E-state index contributed by atoms with van der Waals surface area (Å²) in [6.45, 7) is 8.41. The molecule has 1 aromatic carbocycles. The summed E-state index contributed by atoms with van der Waals surface area (Å²) < 4.78 is 0. The molecule has 1 atom stereocenters. The van der Waals surface area contributed by atoms with E-state index in [1.54, 1.807) is 0 Å². The molecule has 0 aliphatic carbocycles. The number of benzene rings is 1. The van der Waals surface area contributed by atoms with Gasteiger partial charge in [-0.2, -0.15) is 0 Å². The molecular formula is C16H24N2O. The number of nitrogens with one attached hydrogen (secondary N) is 2. The van der Waals surface area contributed by atoms with Crippen LogP contribution in [0.15, 0.2) is 24.3 Å². The normalized spacial score (nSPS) is 21.9. The molecule has 104 valence electrons. The van der Waals surface area contributed by atoms with E-state index in [0.29, 0.717) is 6.42 Å². The summed E-state index contributed by atoms with van der Waals surface area (Å²) >= 11 is 0. The van der Waals surface area contributed by atoms with Gasteiger partial charge in [0.05, 0.1) is 6.42 Å². The Bertz CT molecular complexity index is 454. The molecule has 1 fully saturated rings. The van der Waals surface area contributed by atoms with Gasteiger partial charge in [0.1, 0.15) is 0 Å². The summed E-state index contributed by atoms with van der Waals surface area (Å²) in [6.07, 6.45) is 1.49. The third kappa shape index (κ3) is 3.57. The summed E-state index contributed by atoms with van der Waals surface area (Å²) in [7, 11) is 0. The van der Waals surface area contributed by atoms with Crippen molar-refractivity contribution in [3.63, 3.8) is 0 Å². The molecule has 0 bridgehead atoms. The first-order valence-electron chi connectivity index (χ1n) is 7.03. The molecule has 1 aliphatic rings. The van der Waals surface area contributed by atoms with Crippen molar-refractivity contribution < 1.29 is 4.79 Å². The van der Waals surface area contributed by atoms with Crippen LogP contribution in [0, 0.1) is 12.3 Å². The van der Waals surface area contributed by atoms with Crippen LogP contribution in [0.5, 0.6) is 0 Å². The Balaban J connectivity index is 1.96. The number of hydrogen-bond acceptors (Lipinski definition) is 2. The number of rotatable bonds is 3. The molecule has 19 heavy (non-hydrogen) atoms. The zero-order valence-corrected chi connectivity index (χ0v) is 12.1. The molecule has 0 saturated carbocycles. The van der Waals surface area contributed by atoms with Crippen molar-refractivity contribution in [2.75, 3.05) is 13.1 Å². The van der Waals surface area contributed by atoms with Gasteiger partial charge in [-0.1, -0.05) is 38.1 Å². The lowest BCUT2D eigenvalue weighted by Crippen LogP contribution is -2.54. The zero-order valence-electron chi connectivity index (χ0n) is 12.1. The SMILES string of the molecule is Cc1ccccc1CC(=O)NC1CCNCC1(C)C. The maximum absolute atomic E-state index is 12.2. The van der Waals surface area contributed by atoms with E-state index >= 15 is 0 Å². The fourth-order valence-corrected chi connectivity index (χ4v) is 2.67. The van der Waals surface area contributed by atoms with Crippen LogP contribution in [-0.2, 0) is 11.2 Å². The molecule has 2 N–H and O–H groups in total. The van der Waals surface area contributed by atoms with Crippen LogP contribution in [0.2, 0.25) is 0 Å². The number of hydrogen-bond donors (Lipinski definition) is 2. The minimum absolute atomic E-state index is 0.125. The van der Waals surface area contributed by atoms with Crippen molar-refractivity contribution in [2.24, 2.45) is 5.41 Å². The first-order chi connectivity index (χ1) is 8.99. The molecule has 3 heteroatoms. The predicted molar refractivity (Wildman–Crippen MR) is 78.1 cm³/mol. The standard InChI is InChI=1S/C16H24N2O/c1-12-6-4-5-7-13(12)10-15(19)18-14-8-9-17-11-16(14,2)3/h4-7,14,17H,8-11H2,1-3H3,(H,18,19). The number of carbonyl (C=O) groups excluding carboxylic acids is 1. The van der Waals surface area contributed by atoms with Crippen molar-refractivity contribution in [2.45, 2.75) is 39.7 Å². The van der Waals surface area contributed by atoms with Gasteiger partial charge in [0.15, 0.2) is 0 Å². The highest BCUT2D eigenvalue weighted by Gasteiger charge is 2.33. The van der Waals surface area contributed by atoms with Crippen LogP contribution in [0.25, 0.3) is 0 Å². The lowest BCUT2D eigenvalue weighted by Gasteiger charge is -2.39. The molecule has 1 aliphatic heterocycles. The quantitative estimate of drug-likeness (QED) is 0.873. The lowest BCUT2D eigenvalue weighted by atomic mass is 9.80. The number of piperidine rings is 1. The molecule has 3 nitrogen and oxygen atoms in total. The average Bonchev–Trinajstić information content (AvgIpc) is 2.35. The van der Waals surface area contributed by atoms with Crippen LogP contribution in [0.4, 0.5) is 0 Å². The topological polar surface area (TPSA) is 41.1 Å².